The van der Waals surface area contributed by atoms with Crippen LogP contribution in [0.25, 0.3) is 0 Å². The fourth-order valence-electron chi connectivity index (χ4n) is 2.86. The molecule has 1 aromatic carbocycles. The maximum atomic E-state index is 6.06. The summed E-state index contributed by atoms with van der Waals surface area (Å²) in [7, 11) is 0. The molecule has 0 aliphatic heterocycles. The number of nitrogens with one attached hydrogen (secondary N) is 1. The highest BCUT2D eigenvalue weighted by Crippen LogP contribution is 2.37. The van der Waals surface area contributed by atoms with Crippen molar-refractivity contribution >= 4 is 27.3 Å². The summed E-state index contributed by atoms with van der Waals surface area (Å²) in [6.45, 7) is 3.94. The van der Waals surface area contributed by atoms with Crippen LogP contribution < -0.4 is 10.1 Å². The number of ether oxygens (including phenoxy) is 1. The molecule has 0 amide bonds. The van der Waals surface area contributed by atoms with Gasteiger partial charge in [0.1, 0.15) is 12.4 Å². The molecule has 21 heavy (non-hydrogen) atoms. The lowest BCUT2D eigenvalue weighted by Gasteiger charge is -2.14. The van der Waals surface area contributed by atoms with Crippen molar-refractivity contribution in [3.05, 3.63) is 50.1 Å². The Labute approximate surface area is 138 Å². The predicted octanol–water partition coefficient (Wildman–Crippen LogP) is 5.08. The van der Waals surface area contributed by atoms with Gasteiger partial charge in [0.2, 0.25) is 0 Å². The first-order valence-corrected chi connectivity index (χ1v) is 9.11. The molecule has 1 aromatic heterocycles. The molecule has 0 radical (unpaired) electrons. The highest BCUT2D eigenvalue weighted by molar-refractivity contribution is 9.11. The predicted molar refractivity (Wildman–Crippen MR) is 92.1 cm³/mol. The van der Waals surface area contributed by atoms with Crippen LogP contribution in [0.2, 0.25) is 0 Å². The summed E-state index contributed by atoms with van der Waals surface area (Å²) in [5.74, 6) is 1.05. The monoisotopic (exact) mass is 365 g/mol. The molecule has 0 spiro atoms. The molecule has 1 heterocycles. The Bertz CT molecular complexity index is 611. The third-order valence-electron chi connectivity index (χ3n) is 3.87. The zero-order valence-corrected chi connectivity index (χ0v) is 14.6. The molecule has 0 saturated carbocycles. The number of halogens is 1. The van der Waals surface area contributed by atoms with Crippen LogP contribution in [0.5, 0.6) is 5.75 Å². The second-order valence-corrected chi connectivity index (χ2v) is 7.91. The minimum Gasteiger partial charge on any atom is -0.488 e. The molecule has 4 heteroatoms. The molecule has 1 aliphatic carbocycles. The fraction of sp³-hybridized carbons (Fsp3) is 0.412. The Morgan fingerprint density at radius 1 is 1.33 bits per heavy atom. The Morgan fingerprint density at radius 3 is 3.00 bits per heavy atom. The zero-order chi connectivity index (χ0) is 14.7. The van der Waals surface area contributed by atoms with E-state index in [1.165, 1.54) is 28.8 Å². The molecule has 0 bridgehead atoms. The van der Waals surface area contributed by atoms with E-state index in [1.54, 1.807) is 11.3 Å². The number of thiophene rings is 1. The van der Waals surface area contributed by atoms with E-state index in [0.717, 1.165) is 22.5 Å². The minimum atomic E-state index is 0.499. The van der Waals surface area contributed by atoms with E-state index in [4.69, 9.17) is 4.74 Å². The van der Waals surface area contributed by atoms with E-state index >= 15 is 0 Å². The lowest BCUT2D eigenvalue weighted by Crippen LogP contribution is -2.19. The summed E-state index contributed by atoms with van der Waals surface area (Å²) in [5, 5.41) is 3.63. The Hall–Kier alpha value is -0.840. The van der Waals surface area contributed by atoms with Crippen LogP contribution in [-0.4, -0.2) is 6.54 Å². The first-order chi connectivity index (χ1) is 10.3. The van der Waals surface area contributed by atoms with Gasteiger partial charge < -0.3 is 10.1 Å². The summed E-state index contributed by atoms with van der Waals surface area (Å²) < 4.78 is 7.22. The van der Waals surface area contributed by atoms with Gasteiger partial charge in [0, 0.05) is 10.9 Å². The molecule has 1 N–H and O–H groups in total. The van der Waals surface area contributed by atoms with Gasteiger partial charge in [-0.15, -0.1) is 11.3 Å². The normalized spacial score (nSPS) is 17.0. The first-order valence-electron chi connectivity index (χ1n) is 7.50. The largest absolute Gasteiger partial charge is 0.488 e. The third-order valence-corrected chi connectivity index (χ3v) is 5.46. The minimum absolute atomic E-state index is 0.499. The summed E-state index contributed by atoms with van der Waals surface area (Å²) in [6.07, 6.45) is 3.47. The van der Waals surface area contributed by atoms with Crippen LogP contribution >= 0.6 is 27.3 Å². The molecule has 3 rings (SSSR count). The van der Waals surface area contributed by atoms with E-state index < -0.39 is 0 Å². The van der Waals surface area contributed by atoms with Crippen LogP contribution in [-0.2, 0) is 13.0 Å². The van der Waals surface area contributed by atoms with E-state index in [-0.39, 0.29) is 0 Å². The third kappa shape index (κ3) is 3.50. The Morgan fingerprint density at radius 2 is 2.24 bits per heavy atom. The van der Waals surface area contributed by atoms with Crippen molar-refractivity contribution in [3.63, 3.8) is 0 Å². The fourth-order valence-corrected chi connectivity index (χ4v) is 4.26. The highest BCUT2D eigenvalue weighted by atomic mass is 79.9. The number of fused-ring (bicyclic) bond motifs is 1. The van der Waals surface area contributed by atoms with Gasteiger partial charge in [0.15, 0.2) is 0 Å². The van der Waals surface area contributed by atoms with Gasteiger partial charge in [-0.2, -0.15) is 0 Å². The van der Waals surface area contributed by atoms with Crippen molar-refractivity contribution in [3.8, 4) is 5.75 Å². The maximum Gasteiger partial charge on any atom is 0.123 e. The van der Waals surface area contributed by atoms with Crippen LogP contribution in [0.1, 0.15) is 41.8 Å². The van der Waals surface area contributed by atoms with Gasteiger partial charge in [-0.05, 0) is 71.1 Å². The SMILES string of the molecule is CCCNC1CCc2c(OCc3ccc(Br)s3)cccc21. The zero-order valence-electron chi connectivity index (χ0n) is 12.2. The number of rotatable bonds is 6. The quantitative estimate of drug-likeness (QED) is 0.770. The average molecular weight is 366 g/mol. The summed E-state index contributed by atoms with van der Waals surface area (Å²) >= 11 is 5.23. The summed E-state index contributed by atoms with van der Waals surface area (Å²) in [4.78, 5) is 1.25. The van der Waals surface area contributed by atoms with Crippen molar-refractivity contribution in [1.29, 1.82) is 0 Å². The van der Waals surface area contributed by atoms with E-state index in [1.807, 2.05) is 0 Å². The molecule has 1 unspecified atom stereocenters. The van der Waals surface area contributed by atoms with Crippen molar-refractivity contribution < 1.29 is 4.74 Å². The van der Waals surface area contributed by atoms with Gasteiger partial charge >= 0.3 is 0 Å². The lowest BCUT2D eigenvalue weighted by atomic mass is 10.1. The summed E-state index contributed by atoms with van der Waals surface area (Å²) in [6, 6.07) is 11.1. The van der Waals surface area contributed by atoms with Gasteiger partial charge in [0.05, 0.1) is 3.79 Å². The van der Waals surface area contributed by atoms with E-state index in [0.29, 0.717) is 12.6 Å². The number of benzene rings is 1. The van der Waals surface area contributed by atoms with Crippen LogP contribution in [0, 0.1) is 0 Å². The van der Waals surface area contributed by atoms with Gasteiger partial charge in [-0.1, -0.05) is 19.1 Å². The van der Waals surface area contributed by atoms with Crippen molar-refractivity contribution in [2.45, 2.75) is 38.8 Å². The highest BCUT2D eigenvalue weighted by Gasteiger charge is 2.24. The number of hydrogen-bond donors (Lipinski definition) is 1. The van der Waals surface area contributed by atoms with Crippen molar-refractivity contribution in [1.82, 2.24) is 5.32 Å². The van der Waals surface area contributed by atoms with E-state index in [9.17, 15) is 0 Å². The van der Waals surface area contributed by atoms with Crippen LogP contribution in [0.3, 0.4) is 0 Å². The van der Waals surface area contributed by atoms with Crippen LogP contribution in [0.4, 0.5) is 0 Å². The topological polar surface area (TPSA) is 21.3 Å². The summed E-state index contributed by atoms with van der Waals surface area (Å²) in [5.41, 5.74) is 2.81. The molecular formula is C17H20BrNOS. The molecule has 2 nitrogen and oxygen atoms in total. The maximum absolute atomic E-state index is 6.06. The van der Waals surface area contributed by atoms with Crippen LogP contribution in [0.15, 0.2) is 34.1 Å². The molecule has 2 aromatic rings. The second kappa shape index (κ2) is 6.95. The standard InChI is InChI=1S/C17H20BrNOS/c1-2-10-19-15-8-7-14-13(15)4-3-5-16(14)20-11-12-6-9-17(18)21-12/h3-6,9,15,19H,2,7-8,10-11H2,1H3. The first kappa shape index (κ1) is 15.1. The average Bonchev–Trinajstić information content (AvgIpc) is 3.09. The molecule has 112 valence electrons. The molecule has 1 aliphatic rings. The molecular weight excluding hydrogens is 346 g/mol. The molecule has 0 fully saturated rings. The van der Waals surface area contributed by atoms with Gasteiger partial charge in [-0.25, -0.2) is 0 Å². The Kier molecular flexibility index (Phi) is 4.99. The number of hydrogen-bond acceptors (Lipinski definition) is 3. The smallest absolute Gasteiger partial charge is 0.123 e. The van der Waals surface area contributed by atoms with Gasteiger partial charge in [0.25, 0.3) is 0 Å². The van der Waals surface area contributed by atoms with E-state index in [2.05, 4.69) is 58.5 Å². The lowest BCUT2D eigenvalue weighted by molar-refractivity contribution is 0.307. The van der Waals surface area contributed by atoms with Crippen molar-refractivity contribution in [2.75, 3.05) is 6.54 Å². The van der Waals surface area contributed by atoms with Crippen molar-refractivity contribution in [2.24, 2.45) is 0 Å². The molecule has 1 atom stereocenters. The Balaban J connectivity index is 1.71. The van der Waals surface area contributed by atoms with Gasteiger partial charge in [-0.3, -0.25) is 0 Å². The second-order valence-electron chi connectivity index (χ2n) is 5.36. The molecule has 0 saturated heterocycles.